The van der Waals surface area contributed by atoms with E-state index in [4.69, 9.17) is 0 Å². The molecule has 0 aromatic heterocycles. The van der Waals surface area contributed by atoms with E-state index in [1.54, 1.807) is 13.8 Å². The van der Waals surface area contributed by atoms with Crippen molar-refractivity contribution in [3.05, 3.63) is 70.0 Å². The molecule has 1 aliphatic carbocycles. The van der Waals surface area contributed by atoms with Crippen LogP contribution in [0.1, 0.15) is 45.0 Å². The molecule has 2 atom stereocenters. The lowest BCUT2D eigenvalue weighted by atomic mass is 9.92. The van der Waals surface area contributed by atoms with Crippen LogP contribution in [0.5, 0.6) is 0 Å². The fourth-order valence-electron chi connectivity index (χ4n) is 3.57. The average Bonchev–Trinajstić information content (AvgIpc) is 3.00. The van der Waals surface area contributed by atoms with Crippen molar-refractivity contribution < 1.29 is 19.1 Å². The molecule has 0 fully saturated rings. The highest BCUT2D eigenvalue weighted by molar-refractivity contribution is 5.97. The third-order valence-corrected chi connectivity index (χ3v) is 4.83. The molecule has 2 unspecified atom stereocenters. The Morgan fingerprint density at radius 3 is 2.48 bits per heavy atom. The molecule has 0 spiro atoms. The lowest BCUT2D eigenvalue weighted by molar-refractivity contribution is -0.139. The van der Waals surface area contributed by atoms with E-state index in [2.05, 4.69) is 5.32 Å². The van der Waals surface area contributed by atoms with Crippen molar-refractivity contribution in [2.45, 2.75) is 38.6 Å². The zero-order valence-electron chi connectivity index (χ0n) is 14.2. The minimum absolute atomic E-state index is 0.264. The number of benzene rings is 2. The molecule has 2 aromatic carbocycles. The SMILES string of the molecule is Cc1cc(C(=O)NC(C(=O)O)C2CCc3ccccc32)cc(C)c1F. The number of aryl methyl sites for hydroxylation is 3. The first-order chi connectivity index (χ1) is 11.9. The summed E-state index contributed by atoms with van der Waals surface area (Å²) in [5.41, 5.74) is 3.10. The molecule has 25 heavy (non-hydrogen) atoms. The summed E-state index contributed by atoms with van der Waals surface area (Å²) >= 11 is 0. The van der Waals surface area contributed by atoms with Crippen molar-refractivity contribution in [3.63, 3.8) is 0 Å². The fraction of sp³-hybridized carbons (Fsp3) is 0.300. The van der Waals surface area contributed by atoms with Gasteiger partial charge in [0.25, 0.3) is 5.91 Å². The van der Waals surface area contributed by atoms with Crippen LogP contribution in [0.4, 0.5) is 4.39 Å². The van der Waals surface area contributed by atoms with Crippen molar-refractivity contribution in [2.24, 2.45) is 0 Å². The van der Waals surface area contributed by atoms with Crippen molar-refractivity contribution in [2.75, 3.05) is 0 Å². The molecule has 5 heteroatoms. The highest BCUT2D eigenvalue weighted by Gasteiger charge is 2.35. The second-order valence-electron chi connectivity index (χ2n) is 6.56. The van der Waals surface area contributed by atoms with Crippen LogP contribution in [0.25, 0.3) is 0 Å². The summed E-state index contributed by atoms with van der Waals surface area (Å²) in [6.07, 6.45) is 1.48. The monoisotopic (exact) mass is 341 g/mol. The molecule has 2 aromatic rings. The number of aliphatic carboxylic acids is 1. The molecule has 0 heterocycles. The first-order valence-corrected chi connectivity index (χ1v) is 8.26. The molecule has 0 bridgehead atoms. The minimum Gasteiger partial charge on any atom is -0.480 e. The van der Waals surface area contributed by atoms with Gasteiger partial charge in [-0.3, -0.25) is 4.79 Å². The summed E-state index contributed by atoms with van der Waals surface area (Å²) < 4.78 is 13.8. The number of halogens is 1. The van der Waals surface area contributed by atoms with Crippen molar-refractivity contribution in [1.29, 1.82) is 0 Å². The lowest BCUT2D eigenvalue weighted by Crippen LogP contribution is -2.44. The molecule has 130 valence electrons. The summed E-state index contributed by atoms with van der Waals surface area (Å²) in [6.45, 7) is 3.17. The predicted molar refractivity (Wildman–Crippen MR) is 92.3 cm³/mol. The highest BCUT2D eigenvalue weighted by atomic mass is 19.1. The molecule has 0 aliphatic heterocycles. The van der Waals surface area contributed by atoms with E-state index in [9.17, 15) is 19.1 Å². The maximum atomic E-state index is 13.8. The van der Waals surface area contributed by atoms with Crippen LogP contribution >= 0.6 is 0 Å². The number of carboxylic acids is 1. The van der Waals surface area contributed by atoms with E-state index in [1.165, 1.54) is 12.1 Å². The normalized spacial score (nSPS) is 17.0. The van der Waals surface area contributed by atoms with Gasteiger partial charge in [0.2, 0.25) is 0 Å². The number of amides is 1. The van der Waals surface area contributed by atoms with Gasteiger partial charge >= 0.3 is 5.97 Å². The van der Waals surface area contributed by atoms with Gasteiger partial charge in [-0.1, -0.05) is 24.3 Å². The van der Waals surface area contributed by atoms with E-state index >= 15 is 0 Å². The van der Waals surface area contributed by atoms with Crippen LogP contribution in [0.3, 0.4) is 0 Å². The smallest absolute Gasteiger partial charge is 0.326 e. The molecule has 2 N–H and O–H groups in total. The lowest BCUT2D eigenvalue weighted by Gasteiger charge is -2.22. The standard InChI is InChI=1S/C20H20FNO3/c1-11-9-14(10-12(2)17(11)21)19(23)22-18(20(24)25)16-8-7-13-5-3-4-6-15(13)16/h3-6,9-10,16,18H,7-8H2,1-2H3,(H,22,23)(H,24,25). The maximum Gasteiger partial charge on any atom is 0.326 e. The van der Waals surface area contributed by atoms with Gasteiger partial charge in [-0.15, -0.1) is 0 Å². The Morgan fingerprint density at radius 2 is 1.84 bits per heavy atom. The van der Waals surface area contributed by atoms with Crippen LogP contribution < -0.4 is 5.32 Å². The van der Waals surface area contributed by atoms with E-state index < -0.39 is 17.9 Å². The molecule has 0 saturated heterocycles. The summed E-state index contributed by atoms with van der Waals surface area (Å²) in [5.74, 6) is -2.18. The highest BCUT2D eigenvalue weighted by Crippen LogP contribution is 2.35. The fourth-order valence-corrected chi connectivity index (χ4v) is 3.57. The zero-order valence-corrected chi connectivity index (χ0v) is 14.2. The van der Waals surface area contributed by atoms with Gasteiger partial charge in [-0.25, -0.2) is 9.18 Å². The van der Waals surface area contributed by atoms with Crippen molar-refractivity contribution >= 4 is 11.9 Å². The summed E-state index contributed by atoms with van der Waals surface area (Å²) in [6, 6.07) is 9.59. The topological polar surface area (TPSA) is 66.4 Å². The predicted octanol–water partition coefficient (Wildman–Crippen LogP) is 3.36. The molecular weight excluding hydrogens is 321 g/mol. The molecule has 0 radical (unpaired) electrons. The minimum atomic E-state index is -1.06. The Hall–Kier alpha value is -2.69. The number of carbonyl (C=O) groups is 2. The number of carboxylic acid groups (broad SMARTS) is 1. The molecule has 3 rings (SSSR count). The average molecular weight is 341 g/mol. The Labute approximate surface area is 145 Å². The Kier molecular flexibility index (Phi) is 4.57. The maximum absolute atomic E-state index is 13.8. The van der Waals surface area contributed by atoms with Gasteiger partial charge in [0.05, 0.1) is 0 Å². The Bertz CT molecular complexity index is 824. The van der Waals surface area contributed by atoms with Gasteiger partial charge in [0, 0.05) is 11.5 Å². The number of nitrogens with one attached hydrogen (secondary N) is 1. The van der Waals surface area contributed by atoms with E-state index in [-0.39, 0.29) is 17.3 Å². The molecule has 0 saturated carbocycles. The summed E-state index contributed by atoms with van der Waals surface area (Å²) in [7, 11) is 0. The van der Waals surface area contributed by atoms with Gasteiger partial charge < -0.3 is 10.4 Å². The zero-order chi connectivity index (χ0) is 18.1. The number of hydrogen-bond acceptors (Lipinski definition) is 2. The quantitative estimate of drug-likeness (QED) is 0.896. The second-order valence-corrected chi connectivity index (χ2v) is 6.56. The Morgan fingerprint density at radius 1 is 1.20 bits per heavy atom. The third-order valence-electron chi connectivity index (χ3n) is 4.83. The van der Waals surface area contributed by atoms with Crippen LogP contribution in [-0.2, 0) is 11.2 Å². The number of carbonyl (C=O) groups excluding carboxylic acids is 1. The summed E-state index contributed by atoms with van der Waals surface area (Å²) in [5, 5.41) is 12.3. The van der Waals surface area contributed by atoms with Crippen LogP contribution in [-0.4, -0.2) is 23.0 Å². The van der Waals surface area contributed by atoms with E-state index in [1.807, 2.05) is 24.3 Å². The van der Waals surface area contributed by atoms with Gasteiger partial charge in [-0.2, -0.15) is 0 Å². The van der Waals surface area contributed by atoms with Crippen molar-refractivity contribution in [1.82, 2.24) is 5.32 Å². The Balaban J connectivity index is 1.86. The van der Waals surface area contributed by atoms with E-state index in [0.717, 1.165) is 17.5 Å². The summed E-state index contributed by atoms with van der Waals surface area (Å²) in [4.78, 5) is 24.3. The molecule has 1 aliphatic rings. The molecule has 4 nitrogen and oxygen atoms in total. The number of hydrogen-bond donors (Lipinski definition) is 2. The second kappa shape index (κ2) is 6.67. The number of fused-ring (bicyclic) bond motifs is 1. The van der Waals surface area contributed by atoms with Crippen LogP contribution in [0, 0.1) is 19.7 Å². The largest absolute Gasteiger partial charge is 0.480 e. The van der Waals surface area contributed by atoms with Gasteiger partial charge in [-0.05, 0) is 61.1 Å². The third kappa shape index (κ3) is 3.27. The molecule has 1 amide bonds. The number of rotatable bonds is 4. The van der Waals surface area contributed by atoms with Crippen LogP contribution in [0.2, 0.25) is 0 Å². The van der Waals surface area contributed by atoms with Crippen LogP contribution in [0.15, 0.2) is 36.4 Å². The van der Waals surface area contributed by atoms with E-state index in [0.29, 0.717) is 17.5 Å². The van der Waals surface area contributed by atoms with Gasteiger partial charge in [0.1, 0.15) is 11.9 Å². The van der Waals surface area contributed by atoms with Crippen molar-refractivity contribution in [3.8, 4) is 0 Å². The first kappa shape index (κ1) is 17.1. The first-order valence-electron chi connectivity index (χ1n) is 8.26. The molecular formula is C20H20FNO3. The van der Waals surface area contributed by atoms with Gasteiger partial charge in [0.15, 0.2) is 0 Å².